The number of nitrogens with one attached hydrogen (secondary N) is 1. The van der Waals surface area contributed by atoms with E-state index in [-0.39, 0.29) is 12.5 Å². The second-order valence-corrected chi connectivity index (χ2v) is 18.0. The van der Waals surface area contributed by atoms with Gasteiger partial charge in [-0.2, -0.15) is 0 Å². The van der Waals surface area contributed by atoms with E-state index in [4.69, 9.17) is 23.1 Å². The zero-order valence-electron chi connectivity index (χ0n) is 18.9. The average molecular weight is 450 g/mol. The third kappa shape index (κ3) is 9.38. The van der Waals surface area contributed by atoms with Crippen molar-refractivity contribution in [3.05, 3.63) is 0 Å². The van der Waals surface area contributed by atoms with E-state index in [0.717, 1.165) is 0 Å². The predicted molar refractivity (Wildman–Crippen MR) is 111 cm³/mol. The number of carbonyl (C=O) groups excluding carboxylic acids is 3. The van der Waals surface area contributed by atoms with Gasteiger partial charge in [0.2, 0.25) is 12.2 Å². The van der Waals surface area contributed by atoms with Crippen molar-refractivity contribution < 1.29 is 37.4 Å². The standard InChI is InChI=1S/C18H35NO8Si2/c1-11(20)19-15-17(27-29(7,8)9)16(26-28(4,5)6)14(10-23-12(2)21)25-18(15)24-13(3)22/h14-18H,10H2,1-9H3,(H,19,20)/t14-,15-,16-,17-,18+/m1/s1. The first kappa shape index (κ1) is 25.8. The Labute approximate surface area is 175 Å². The van der Waals surface area contributed by atoms with Crippen LogP contribution in [0.5, 0.6) is 0 Å². The highest BCUT2D eigenvalue weighted by molar-refractivity contribution is 6.70. The van der Waals surface area contributed by atoms with Crippen molar-refractivity contribution in [3.8, 4) is 0 Å². The van der Waals surface area contributed by atoms with Crippen LogP contribution in [0.2, 0.25) is 39.3 Å². The fourth-order valence-electron chi connectivity index (χ4n) is 2.99. The highest BCUT2D eigenvalue weighted by atomic mass is 28.4. The van der Waals surface area contributed by atoms with Crippen molar-refractivity contribution in [2.24, 2.45) is 0 Å². The van der Waals surface area contributed by atoms with E-state index in [9.17, 15) is 14.4 Å². The average Bonchev–Trinajstić information content (AvgIpc) is 2.48. The molecular formula is C18H35NO8Si2. The summed E-state index contributed by atoms with van der Waals surface area (Å²) in [5, 5.41) is 2.79. The van der Waals surface area contributed by atoms with Gasteiger partial charge in [-0.1, -0.05) is 0 Å². The van der Waals surface area contributed by atoms with E-state index in [1.807, 2.05) is 39.3 Å². The second kappa shape index (κ2) is 10.2. The number of carbonyl (C=O) groups is 3. The van der Waals surface area contributed by atoms with Gasteiger partial charge in [0.05, 0.1) is 6.10 Å². The first-order valence-electron chi connectivity index (χ1n) is 9.68. The van der Waals surface area contributed by atoms with E-state index in [2.05, 4.69) is 5.32 Å². The molecule has 1 aliphatic heterocycles. The van der Waals surface area contributed by atoms with Gasteiger partial charge < -0.3 is 28.4 Å². The lowest BCUT2D eigenvalue weighted by Crippen LogP contribution is -2.68. The van der Waals surface area contributed by atoms with Crippen LogP contribution in [0, 0.1) is 0 Å². The molecule has 0 aliphatic carbocycles. The van der Waals surface area contributed by atoms with Gasteiger partial charge in [0.25, 0.3) is 0 Å². The Bertz CT molecular complexity index is 602. The predicted octanol–water partition coefficient (Wildman–Crippen LogP) is 1.78. The molecule has 0 aromatic heterocycles. The summed E-state index contributed by atoms with van der Waals surface area (Å²) in [6, 6.07) is -0.766. The summed E-state index contributed by atoms with van der Waals surface area (Å²) in [7, 11) is -4.21. The number of amides is 1. The first-order valence-corrected chi connectivity index (χ1v) is 16.5. The van der Waals surface area contributed by atoms with Crippen molar-refractivity contribution in [1.29, 1.82) is 0 Å². The molecule has 1 N–H and O–H groups in total. The van der Waals surface area contributed by atoms with Gasteiger partial charge in [-0.3, -0.25) is 14.4 Å². The molecule has 0 bridgehead atoms. The summed E-state index contributed by atoms with van der Waals surface area (Å²) >= 11 is 0. The molecule has 29 heavy (non-hydrogen) atoms. The van der Waals surface area contributed by atoms with Crippen LogP contribution in [0.15, 0.2) is 0 Å². The van der Waals surface area contributed by atoms with Crippen LogP contribution in [-0.4, -0.2) is 71.7 Å². The maximum Gasteiger partial charge on any atom is 0.305 e. The fourth-order valence-corrected chi connectivity index (χ4v) is 5.19. The maximum atomic E-state index is 11.9. The quantitative estimate of drug-likeness (QED) is 0.441. The lowest BCUT2D eigenvalue weighted by atomic mass is 9.97. The molecule has 1 heterocycles. The van der Waals surface area contributed by atoms with Crippen molar-refractivity contribution in [3.63, 3.8) is 0 Å². The number of hydrogen-bond acceptors (Lipinski definition) is 8. The highest BCUT2D eigenvalue weighted by Gasteiger charge is 2.51. The maximum absolute atomic E-state index is 11.9. The molecule has 0 spiro atoms. The third-order valence-electron chi connectivity index (χ3n) is 3.73. The summed E-state index contributed by atoms with van der Waals surface area (Å²) in [6.45, 7) is 16.0. The summed E-state index contributed by atoms with van der Waals surface area (Å²) in [5.41, 5.74) is 0. The summed E-state index contributed by atoms with van der Waals surface area (Å²) < 4.78 is 29.3. The molecule has 0 unspecified atom stereocenters. The molecule has 0 aromatic rings. The molecule has 1 fully saturated rings. The summed E-state index contributed by atoms with van der Waals surface area (Å²) in [5.74, 6) is -1.34. The van der Waals surface area contributed by atoms with Crippen LogP contribution in [0.25, 0.3) is 0 Å². The largest absolute Gasteiger partial charge is 0.463 e. The van der Waals surface area contributed by atoms with Crippen LogP contribution < -0.4 is 5.32 Å². The van der Waals surface area contributed by atoms with Crippen LogP contribution in [0.3, 0.4) is 0 Å². The topological polar surface area (TPSA) is 109 Å². The van der Waals surface area contributed by atoms with E-state index >= 15 is 0 Å². The Kier molecular flexibility index (Phi) is 9.02. The summed E-state index contributed by atoms with van der Waals surface area (Å²) in [6.07, 6.45) is -3.08. The van der Waals surface area contributed by atoms with E-state index in [0.29, 0.717) is 0 Å². The third-order valence-corrected chi connectivity index (χ3v) is 5.69. The fraction of sp³-hybridized carbons (Fsp3) is 0.833. The van der Waals surface area contributed by atoms with Gasteiger partial charge in [0.15, 0.2) is 16.6 Å². The minimum absolute atomic E-state index is 0.0827. The molecule has 5 atom stereocenters. The number of hydrogen-bond donors (Lipinski definition) is 1. The molecule has 9 nitrogen and oxygen atoms in total. The normalized spacial score (nSPS) is 27.8. The van der Waals surface area contributed by atoms with Gasteiger partial charge in [-0.05, 0) is 39.3 Å². The molecule has 1 saturated heterocycles. The first-order chi connectivity index (χ1) is 13.1. The van der Waals surface area contributed by atoms with Crippen LogP contribution >= 0.6 is 0 Å². The summed E-state index contributed by atoms with van der Waals surface area (Å²) in [4.78, 5) is 34.9. The van der Waals surface area contributed by atoms with Crippen LogP contribution in [-0.2, 0) is 37.4 Å². The van der Waals surface area contributed by atoms with Gasteiger partial charge >= 0.3 is 11.9 Å². The van der Waals surface area contributed by atoms with Gasteiger partial charge in [0, 0.05) is 20.8 Å². The molecule has 0 saturated carbocycles. The number of esters is 2. The Morgan fingerprint density at radius 3 is 1.79 bits per heavy atom. The Morgan fingerprint density at radius 1 is 0.862 bits per heavy atom. The van der Waals surface area contributed by atoms with Crippen LogP contribution in [0.4, 0.5) is 0 Å². The number of rotatable bonds is 8. The molecule has 0 aromatic carbocycles. The minimum Gasteiger partial charge on any atom is -0.463 e. The smallest absolute Gasteiger partial charge is 0.305 e. The van der Waals surface area contributed by atoms with Crippen LogP contribution in [0.1, 0.15) is 20.8 Å². The molecule has 168 valence electrons. The van der Waals surface area contributed by atoms with E-state index in [1.54, 1.807) is 0 Å². The minimum atomic E-state index is -2.12. The highest BCUT2D eigenvalue weighted by Crippen LogP contribution is 2.31. The molecule has 1 aliphatic rings. The zero-order chi connectivity index (χ0) is 22.6. The van der Waals surface area contributed by atoms with Gasteiger partial charge in [-0.15, -0.1) is 0 Å². The molecule has 1 rings (SSSR count). The van der Waals surface area contributed by atoms with E-state index in [1.165, 1.54) is 20.8 Å². The number of ether oxygens (including phenoxy) is 3. The zero-order valence-corrected chi connectivity index (χ0v) is 20.9. The van der Waals surface area contributed by atoms with Crippen molar-refractivity contribution in [2.45, 2.75) is 90.7 Å². The van der Waals surface area contributed by atoms with E-state index < -0.39 is 59.2 Å². The van der Waals surface area contributed by atoms with Gasteiger partial charge in [-0.25, -0.2) is 0 Å². The Hall–Kier alpha value is -1.28. The monoisotopic (exact) mass is 449 g/mol. The second-order valence-electron chi connectivity index (χ2n) is 9.07. The molecule has 11 heteroatoms. The molecular weight excluding hydrogens is 414 g/mol. The van der Waals surface area contributed by atoms with Crippen molar-refractivity contribution in [1.82, 2.24) is 5.32 Å². The SMILES string of the molecule is CC(=O)N[C@H]1[C@@H](OC(C)=O)O[C@H](COC(C)=O)[C@@H](O[Si](C)(C)C)[C@@H]1O[Si](C)(C)C. The Balaban J connectivity index is 3.39. The van der Waals surface area contributed by atoms with Crippen molar-refractivity contribution in [2.75, 3.05) is 6.61 Å². The molecule has 0 radical (unpaired) electrons. The lowest BCUT2D eigenvalue weighted by molar-refractivity contribution is -0.258. The molecule has 1 amide bonds. The van der Waals surface area contributed by atoms with Gasteiger partial charge in [0.1, 0.15) is 24.9 Å². The Morgan fingerprint density at radius 2 is 1.38 bits per heavy atom. The van der Waals surface area contributed by atoms with Crippen molar-refractivity contribution >= 4 is 34.5 Å². The lowest BCUT2D eigenvalue weighted by Gasteiger charge is -2.49.